The second kappa shape index (κ2) is 9.75. The van der Waals surface area contributed by atoms with Crippen LogP contribution in [0.2, 0.25) is 10.0 Å². The molecule has 0 spiro atoms. The third-order valence-electron chi connectivity index (χ3n) is 2.86. The van der Waals surface area contributed by atoms with E-state index in [4.69, 9.17) is 103 Å². The molecule has 11 heteroatoms. The molecule has 0 aliphatic heterocycles. The van der Waals surface area contributed by atoms with Crippen LogP contribution in [-0.4, -0.2) is 4.98 Å². The van der Waals surface area contributed by atoms with Gasteiger partial charge in [-0.25, -0.2) is 0 Å². The molecule has 1 aromatic carbocycles. The van der Waals surface area contributed by atoms with Crippen LogP contribution in [0.15, 0.2) is 36.5 Å². The van der Waals surface area contributed by atoms with Gasteiger partial charge in [-0.1, -0.05) is 35.3 Å². The first kappa shape index (κ1) is 24.4. The van der Waals surface area contributed by atoms with E-state index < -0.39 is 14.1 Å². The molecule has 0 aliphatic carbocycles. The van der Waals surface area contributed by atoms with E-state index in [1.807, 2.05) is 19.1 Å². The van der Waals surface area contributed by atoms with E-state index in [1.165, 1.54) is 0 Å². The van der Waals surface area contributed by atoms with Gasteiger partial charge in [-0.05, 0) is 36.2 Å². The van der Waals surface area contributed by atoms with E-state index >= 15 is 0 Å². The van der Waals surface area contributed by atoms with Crippen molar-refractivity contribution in [3.8, 4) is 0 Å². The molecule has 25 heavy (non-hydrogen) atoms. The molecule has 0 bridgehead atoms. The third kappa shape index (κ3) is 9.95. The minimum atomic E-state index is -3.69. The zero-order chi connectivity index (χ0) is 19.4. The van der Waals surface area contributed by atoms with Crippen LogP contribution in [0.1, 0.15) is 27.6 Å². The molecule has 0 N–H and O–H groups in total. The Kier molecular flexibility index (Phi) is 9.53. The summed E-state index contributed by atoms with van der Waals surface area (Å²) in [5, 5.41) is 0.226. The van der Waals surface area contributed by atoms with Gasteiger partial charge in [0.05, 0.1) is 10.8 Å². The number of nitrogens with zero attached hydrogens (tertiary/aromatic N) is 1. The predicted molar refractivity (Wildman–Crippen MR) is 119 cm³/mol. The number of halogens is 9. The van der Waals surface area contributed by atoms with Gasteiger partial charge < -0.3 is 0 Å². The second-order valence-corrected chi connectivity index (χ2v) is 23.2. The van der Waals surface area contributed by atoms with Crippen LogP contribution in [0.5, 0.6) is 0 Å². The molecule has 0 saturated carbocycles. The molecule has 2 unspecified atom stereocenters. The molecule has 1 aromatic heterocycles. The zero-order valence-corrected chi connectivity index (χ0v) is 20.1. The molecule has 0 amide bonds. The zero-order valence-electron chi connectivity index (χ0n) is 12.4. The standard InChI is InChI=1S/C14H11Cl4N.Cl5P/c1-8-10(3-2-6-19-8)13(17)14(18)11-5-4-9(15)7-12(11)16;1-6(2,3,4)5/h2-7,13-14H,1H3;. The molecule has 140 valence electrons. The maximum absolute atomic E-state index is 6.44. The first-order valence-electron chi connectivity index (χ1n) is 6.50. The van der Waals surface area contributed by atoms with Crippen molar-refractivity contribution in [2.75, 3.05) is 0 Å². The van der Waals surface area contributed by atoms with E-state index in [0.717, 1.165) is 16.8 Å². The Hall–Kier alpha value is 1.41. The first-order chi connectivity index (χ1) is 11.2. The Bertz CT molecular complexity index is 713. The van der Waals surface area contributed by atoms with Gasteiger partial charge in [-0.15, -0.1) is 23.2 Å². The normalized spacial score (nSPS) is 15.4. The number of aryl methyl sites for hydroxylation is 1. The summed E-state index contributed by atoms with van der Waals surface area (Å²) in [6.45, 7) is 1.90. The van der Waals surface area contributed by atoms with Crippen molar-refractivity contribution in [2.45, 2.75) is 17.7 Å². The van der Waals surface area contributed by atoms with Crippen molar-refractivity contribution >= 4 is 106 Å². The molecular formula is C14H11Cl9NP. The first-order valence-corrected chi connectivity index (χ1v) is 14.9. The quantitative estimate of drug-likeness (QED) is 0.277. The summed E-state index contributed by atoms with van der Waals surface area (Å²) in [6, 6.07) is 8.96. The van der Waals surface area contributed by atoms with Gasteiger partial charge in [-0.3, -0.25) is 4.98 Å². The summed E-state index contributed by atoms with van der Waals surface area (Å²) in [5.41, 5.74) is 2.52. The van der Waals surface area contributed by atoms with Crippen molar-refractivity contribution in [3.05, 3.63) is 63.4 Å². The van der Waals surface area contributed by atoms with Crippen LogP contribution >= 0.6 is 106 Å². The van der Waals surface area contributed by atoms with Crippen LogP contribution in [-0.2, 0) is 0 Å². The van der Waals surface area contributed by atoms with Gasteiger partial charge in [0, 0.05) is 21.9 Å². The Morgan fingerprint density at radius 3 is 1.88 bits per heavy atom. The van der Waals surface area contributed by atoms with E-state index in [2.05, 4.69) is 4.98 Å². The Morgan fingerprint density at radius 1 is 0.880 bits per heavy atom. The summed E-state index contributed by atoms with van der Waals surface area (Å²) in [5.74, 6) is 0. The van der Waals surface area contributed by atoms with Gasteiger partial charge in [0.2, 0.25) is 0 Å². The monoisotopic (exact) mass is 539 g/mol. The summed E-state index contributed by atoms with van der Waals surface area (Å²) < 4.78 is -3.69. The fraction of sp³-hybridized carbons (Fsp3) is 0.214. The molecule has 1 nitrogen and oxygen atoms in total. The van der Waals surface area contributed by atoms with Crippen molar-refractivity contribution in [1.82, 2.24) is 4.98 Å². The van der Waals surface area contributed by atoms with Crippen molar-refractivity contribution in [2.24, 2.45) is 0 Å². The molecule has 2 atom stereocenters. The number of aromatic nitrogens is 1. The summed E-state index contributed by atoms with van der Waals surface area (Å²) in [6.07, 6.45) is 1.72. The van der Waals surface area contributed by atoms with Crippen molar-refractivity contribution in [1.29, 1.82) is 0 Å². The van der Waals surface area contributed by atoms with Gasteiger partial charge in [-0.2, -0.15) is 0 Å². The Labute approximate surface area is 190 Å². The van der Waals surface area contributed by atoms with E-state index in [-0.39, 0.29) is 0 Å². The summed E-state index contributed by atoms with van der Waals surface area (Å²) >= 11 is 49.8. The van der Waals surface area contributed by atoms with Gasteiger partial charge in [0.15, 0.2) is 0 Å². The SMILES string of the molecule is Cc1ncccc1C(Cl)C(Cl)c1ccc(Cl)cc1Cl.ClP(Cl)(Cl)(Cl)Cl. The minimum absolute atomic E-state index is 0.408. The summed E-state index contributed by atoms with van der Waals surface area (Å²) in [7, 11) is 0. The van der Waals surface area contributed by atoms with Crippen LogP contribution in [0.25, 0.3) is 0 Å². The van der Waals surface area contributed by atoms with Gasteiger partial charge in [0.1, 0.15) is 0 Å². The van der Waals surface area contributed by atoms with E-state index in [1.54, 1.807) is 24.4 Å². The molecular weight excluding hydrogens is 532 g/mol. The van der Waals surface area contributed by atoms with Crippen LogP contribution < -0.4 is 0 Å². The van der Waals surface area contributed by atoms with E-state index in [0.29, 0.717) is 10.0 Å². The van der Waals surface area contributed by atoms with E-state index in [9.17, 15) is 0 Å². The van der Waals surface area contributed by atoms with Crippen molar-refractivity contribution < 1.29 is 0 Å². The molecule has 0 saturated heterocycles. The van der Waals surface area contributed by atoms with Crippen LogP contribution in [0.4, 0.5) is 0 Å². The fourth-order valence-corrected chi connectivity index (χ4v) is 3.10. The maximum atomic E-state index is 6.44. The second-order valence-electron chi connectivity index (χ2n) is 4.79. The summed E-state index contributed by atoms with van der Waals surface area (Å²) in [4.78, 5) is 4.22. The van der Waals surface area contributed by atoms with Crippen LogP contribution in [0.3, 0.4) is 0 Å². The molecule has 0 aliphatic rings. The van der Waals surface area contributed by atoms with Crippen LogP contribution in [0, 0.1) is 6.92 Å². The molecule has 0 radical (unpaired) electrons. The molecule has 2 rings (SSSR count). The predicted octanol–water partition coefficient (Wildman–Crippen LogP) is 10.3. The molecule has 1 heterocycles. The van der Waals surface area contributed by atoms with Gasteiger partial charge in [0.25, 0.3) is 0 Å². The Balaban J connectivity index is 0.000000450. The number of rotatable bonds is 3. The van der Waals surface area contributed by atoms with Crippen molar-refractivity contribution in [3.63, 3.8) is 0 Å². The third-order valence-corrected chi connectivity index (χ3v) is 4.53. The number of alkyl halides is 2. The number of hydrogen-bond donors (Lipinski definition) is 0. The molecule has 2 aromatic rings. The number of benzene rings is 1. The molecule has 0 fully saturated rings. The topological polar surface area (TPSA) is 12.9 Å². The number of pyridine rings is 1. The average Bonchev–Trinajstić information content (AvgIpc) is 2.44. The fourth-order valence-electron chi connectivity index (χ4n) is 1.83. The Morgan fingerprint density at radius 2 is 1.40 bits per heavy atom. The number of hydrogen-bond acceptors (Lipinski definition) is 1. The average molecular weight is 543 g/mol. The van der Waals surface area contributed by atoms with Gasteiger partial charge >= 0.3 is 59.6 Å².